The van der Waals surface area contributed by atoms with Crippen LogP contribution < -0.4 is 5.32 Å². The van der Waals surface area contributed by atoms with E-state index in [1.165, 1.54) is 12.3 Å². The number of rotatable bonds is 2. The molecule has 0 aliphatic heterocycles. The van der Waals surface area contributed by atoms with Crippen LogP contribution >= 0.6 is 0 Å². The molecule has 3 nitrogen and oxygen atoms in total. The molecule has 1 aliphatic rings. The minimum atomic E-state index is -0.413. The molecule has 4 heteroatoms. The molecule has 1 amide bonds. The quantitative estimate of drug-likeness (QED) is 0.717. The molecule has 2 rings (SSSR count). The number of hydrogen-bond acceptors (Lipinski definition) is 1. The van der Waals surface area contributed by atoms with E-state index in [1.54, 1.807) is 0 Å². The summed E-state index contributed by atoms with van der Waals surface area (Å²) >= 11 is 0. The van der Waals surface area contributed by atoms with Crippen LogP contribution in [0.1, 0.15) is 29.8 Å². The number of allylic oxidation sites excluding steroid dienone is 1. The summed E-state index contributed by atoms with van der Waals surface area (Å²) in [7, 11) is 0. The molecule has 80 valence electrons. The summed E-state index contributed by atoms with van der Waals surface area (Å²) in [4.78, 5) is 14.2. The maximum Gasteiger partial charge on any atom is 0.268 e. The van der Waals surface area contributed by atoms with Crippen LogP contribution in [0.5, 0.6) is 0 Å². The van der Waals surface area contributed by atoms with E-state index in [9.17, 15) is 9.18 Å². The van der Waals surface area contributed by atoms with Gasteiger partial charge in [0.25, 0.3) is 5.91 Å². The molecule has 0 aromatic carbocycles. The molecule has 1 unspecified atom stereocenters. The van der Waals surface area contributed by atoms with Gasteiger partial charge < -0.3 is 10.3 Å². The maximum atomic E-state index is 12.6. The Balaban J connectivity index is 1.94. The van der Waals surface area contributed by atoms with Crippen molar-refractivity contribution in [3.63, 3.8) is 0 Å². The van der Waals surface area contributed by atoms with Gasteiger partial charge in [0.2, 0.25) is 0 Å². The lowest BCUT2D eigenvalue weighted by atomic mass is 10.0. The van der Waals surface area contributed by atoms with Gasteiger partial charge in [-0.3, -0.25) is 4.79 Å². The van der Waals surface area contributed by atoms with Crippen molar-refractivity contribution in [3.8, 4) is 0 Å². The highest BCUT2D eigenvalue weighted by Gasteiger charge is 2.15. The Morgan fingerprint density at radius 2 is 2.40 bits per heavy atom. The standard InChI is InChI=1S/C11H13FN2O/c12-8-6-10(13-7-8)11(15)14-9-4-2-1-3-5-9/h1-2,6-7,9,13H,3-5H2,(H,14,15). The van der Waals surface area contributed by atoms with E-state index < -0.39 is 5.82 Å². The molecular weight excluding hydrogens is 195 g/mol. The van der Waals surface area contributed by atoms with E-state index >= 15 is 0 Å². The zero-order chi connectivity index (χ0) is 10.7. The Hall–Kier alpha value is -1.58. The van der Waals surface area contributed by atoms with Crippen molar-refractivity contribution in [1.29, 1.82) is 0 Å². The van der Waals surface area contributed by atoms with E-state index in [0.717, 1.165) is 19.3 Å². The Kier molecular flexibility index (Phi) is 2.85. The van der Waals surface area contributed by atoms with E-state index in [1.807, 2.05) is 0 Å². The number of carbonyl (C=O) groups excluding carboxylic acids is 1. The third-order valence-electron chi connectivity index (χ3n) is 2.50. The first kappa shape index (κ1) is 9.96. The van der Waals surface area contributed by atoms with Crippen molar-refractivity contribution in [1.82, 2.24) is 10.3 Å². The van der Waals surface area contributed by atoms with Crippen molar-refractivity contribution in [2.45, 2.75) is 25.3 Å². The first-order valence-corrected chi connectivity index (χ1v) is 5.05. The number of H-pyrrole nitrogens is 1. The lowest BCUT2D eigenvalue weighted by molar-refractivity contribution is 0.0930. The highest BCUT2D eigenvalue weighted by molar-refractivity contribution is 5.92. The molecule has 0 bridgehead atoms. The van der Waals surface area contributed by atoms with Crippen LogP contribution in [-0.2, 0) is 0 Å². The van der Waals surface area contributed by atoms with E-state index in [-0.39, 0.29) is 17.6 Å². The van der Waals surface area contributed by atoms with Crippen molar-refractivity contribution in [3.05, 3.63) is 35.9 Å². The van der Waals surface area contributed by atoms with Crippen LogP contribution in [0.3, 0.4) is 0 Å². The first-order chi connectivity index (χ1) is 7.25. The van der Waals surface area contributed by atoms with Crippen LogP contribution in [0, 0.1) is 5.82 Å². The largest absolute Gasteiger partial charge is 0.355 e. The molecule has 1 heterocycles. The summed E-state index contributed by atoms with van der Waals surface area (Å²) in [6.45, 7) is 0. The predicted octanol–water partition coefficient (Wildman–Crippen LogP) is 1.99. The second-order valence-electron chi connectivity index (χ2n) is 3.69. The second kappa shape index (κ2) is 4.29. The Morgan fingerprint density at radius 3 is 3.00 bits per heavy atom. The van der Waals surface area contributed by atoms with Crippen LogP contribution in [0.4, 0.5) is 4.39 Å². The first-order valence-electron chi connectivity index (χ1n) is 5.05. The molecule has 0 saturated carbocycles. The van der Waals surface area contributed by atoms with Gasteiger partial charge in [-0.15, -0.1) is 0 Å². The molecule has 1 aromatic heterocycles. The van der Waals surface area contributed by atoms with Crippen molar-refractivity contribution in [2.24, 2.45) is 0 Å². The number of amides is 1. The number of nitrogens with one attached hydrogen (secondary N) is 2. The third kappa shape index (κ3) is 2.46. The molecule has 1 aliphatic carbocycles. The summed E-state index contributed by atoms with van der Waals surface area (Å²) in [5.74, 6) is -0.650. The number of carbonyl (C=O) groups is 1. The van der Waals surface area contributed by atoms with E-state index in [0.29, 0.717) is 0 Å². The molecule has 1 atom stereocenters. The molecule has 0 saturated heterocycles. The fourth-order valence-electron chi connectivity index (χ4n) is 1.69. The van der Waals surface area contributed by atoms with Crippen LogP contribution in [0.2, 0.25) is 0 Å². The number of halogens is 1. The van der Waals surface area contributed by atoms with Gasteiger partial charge in [0, 0.05) is 18.3 Å². The Morgan fingerprint density at radius 1 is 1.53 bits per heavy atom. The van der Waals surface area contributed by atoms with Gasteiger partial charge >= 0.3 is 0 Å². The minimum absolute atomic E-state index is 0.175. The van der Waals surface area contributed by atoms with Crippen LogP contribution in [-0.4, -0.2) is 16.9 Å². The predicted molar refractivity (Wildman–Crippen MR) is 55.0 cm³/mol. The zero-order valence-electron chi connectivity index (χ0n) is 8.29. The van der Waals surface area contributed by atoms with Crippen molar-refractivity contribution in [2.75, 3.05) is 0 Å². The van der Waals surface area contributed by atoms with Gasteiger partial charge in [-0.1, -0.05) is 12.2 Å². The van der Waals surface area contributed by atoms with Crippen LogP contribution in [0.25, 0.3) is 0 Å². The fourth-order valence-corrected chi connectivity index (χ4v) is 1.69. The number of hydrogen-bond donors (Lipinski definition) is 2. The van der Waals surface area contributed by atoms with Gasteiger partial charge in [-0.05, 0) is 19.3 Å². The molecule has 0 fully saturated rings. The molecular formula is C11H13FN2O. The Bertz CT molecular complexity index is 384. The smallest absolute Gasteiger partial charge is 0.268 e. The summed E-state index contributed by atoms with van der Waals surface area (Å²) in [5.41, 5.74) is 0.280. The monoisotopic (exact) mass is 208 g/mol. The van der Waals surface area contributed by atoms with Gasteiger partial charge in [0.05, 0.1) is 0 Å². The lowest BCUT2D eigenvalue weighted by Gasteiger charge is -2.18. The molecule has 1 aromatic rings. The normalized spacial score (nSPS) is 20.2. The van der Waals surface area contributed by atoms with Gasteiger partial charge in [-0.2, -0.15) is 0 Å². The minimum Gasteiger partial charge on any atom is -0.355 e. The number of aromatic nitrogens is 1. The topological polar surface area (TPSA) is 44.9 Å². The molecule has 0 radical (unpaired) electrons. The van der Waals surface area contributed by atoms with Gasteiger partial charge in [0.1, 0.15) is 11.5 Å². The number of aromatic amines is 1. The Labute approximate surface area is 87.4 Å². The van der Waals surface area contributed by atoms with E-state index in [4.69, 9.17) is 0 Å². The van der Waals surface area contributed by atoms with Crippen molar-refractivity contribution < 1.29 is 9.18 Å². The summed E-state index contributed by atoms with van der Waals surface area (Å²) in [6, 6.07) is 1.38. The van der Waals surface area contributed by atoms with Crippen LogP contribution in [0.15, 0.2) is 24.4 Å². The highest BCUT2D eigenvalue weighted by Crippen LogP contribution is 2.11. The van der Waals surface area contributed by atoms with Crippen molar-refractivity contribution >= 4 is 5.91 Å². The fraction of sp³-hybridized carbons (Fsp3) is 0.364. The van der Waals surface area contributed by atoms with E-state index in [2.05, 4.69) is 22.5 Å². The van der Waals surface area contributed by atoms with Gasteiger partial charge in [-0.25, -0.2) is 4.39 Å². The summed E-state index contributed by atoms with van der Waals surface area (Å²) in [5, 5.41) is 2.86. The maximum absolute atomic E-state index is 12.6. The highest BCUT2D eigenvalue weighted by atomic mass is 19.1. The third-order valence-corrected chi connectivity index (χ3v) is 2.50. The molecule has 15 heavy (non-hydrogen) atoms. The van der Waals surface area contributed by atoms with Gasteiger partial charge in [0.15, 0.2) is 0 Å². The average Bonchev–Trinajstić information content (AvgIpc) is 2.66. The average molecular weight is 208 g/mol. The molecule has 0 spiro atoms. The summed E-state index contributed by atoms with van der Waals surface area (Å²) in [6.07, 6.45) is 8.14. The molecule has 2 N–H and O–H groups in total. The zero-order valence-corrected chi connectivity index (χ0v) is 8.29. The summed E-state index contributed by atoms with van der Waals surface area (Å²) < 4.78 is 12.6. The second-order valence-corrected chi connectivity index (χ2v) is 3.69. The SMILES string of the molecule is O=C(NC1CC=CCC1)c1cc(F)c[nH]1. The lowest BCUT2D eigenvalue weighted by Crippen LogP contribution is -2.35.